The zero-order valence-electron chi connectivity index (χ0n) is 21.4. The van der Waals surface area contributed by atoms with Gasteiger partial charge >= 0.3 is 35.7 Å². The molecule has 0 bridgehead atoms. The van der Waals surface area contributed by atoms with Crippen molar-refractivity contribution in [3.05, 3.63) is 24.3 Å². The van der Waals surface area contributed by atoms with E-state index in [1.165, 1.54) is 77.6 Å². The van der Waals surface area contributed by atoms with Crippen molar-refractivity contribution < 1.29 is 48.3 Å². The number of hydrogen-bond donors (Lipinski definition) is 2. The SMILES string of the molecule is C=C(C)C(=O)O.C=C(C)[C-]=O.CC(C)CCCCCCCCCCCCCCC(=O)O.[O]=[Ti+]. The molecule has 7 heteroatoms. The molecule has 0 spiro atoms. The minimum atomic E-state index is -0.935. The monoisotopic (exact) mass is 503 g/mol. The molecule has 0 heterocycles. The summed E-state index contributed by atoms with van der Waals surface area (Å²) in [5, 5.41) is 16.4. The van der Waals surface area contributed by atoms with E-state index in [1.54, 1.807) is 13.2 Å². The molecular weight excluding hydrogens is 456 g/mol. The van der Waals surface area contributed by atoms with Crippen molar-refractivity contribution in [2.75, 3.05) is 0 Å². The third kappa shape index (κ3) is 53.6. The van der Waals surface area contributed by atoms with Crippen LogP contribution in [-0.4, -0.2) is 28.4 Å². The molecule has 0 aromatic carbocycles. The normalized spacial score (nSPS) is 9.30. The molecule has 0 amide bonds. The molecule has 0 rings (SSSR count). The van der Waals surface area contributed by atoms with Crippen LogP contribution in [0.2, 0.25) is 0 Å². The van der Waals surface area contributed by atoms with Crippen molar-refractivity contribution >= 4 is 18.2 Å². The summed E-state index contributed by atoms with van der Waals surface area (Å²) in [6.45, 7) is 14.1. The van der Waals surface area contributed by atoms with Crippen LogP contribution in [0.3, 0.4) is 0 Å². The van der Waals surface area contributed by atoms with Crippen molar-refractivity contribution in [1.29, 1.82) is 0 Å². The standard InChI is InChI=1S/C18H36O2.C4H6O2.C4H5O.O.Ti/c1-17(2)15-13-11-9-7-5-3-4-6-8-10-12-14-16-18(19)20;1-3(2)4(5)6;1-4(2)3-5;;/h17H,3-16H2,1-2H3,(H,19,20);1H2,2H3,(H,5,6);1H2,2H3;;/q;;-1;;+1. The fraction of sp³-hybridized carbons (Fsp3) is 0.731. The molecule has 0 aromatic rings. The molecule has 0 fully saturated rings. The van der Waals surface area contributed by atoms with Crippen LogP contribution in [0.1, 0.15) is 118 Å². The zero-order valence-corrected chi connectivity index (χ0v) is 23.0. The Hall–Kier alpha value is -1.40. The molecule has 0 aliphatic heterocycles. The first-order valence-corrected chi connectivity index (χ1v) is 12.5. The number of aliphatic carboxylic acids is 2. The fourth-order valence-electron chi connectivity index (χ4n) is 2.60. The van der Waals surface area contributed by atoms with Crippen molar-refractivity contribution in [2.45, 2.75) is 118 Å². The second kappa shape index (κ2) is 32.8. The molecule has 0 unspecified atom stereocenters. The number of hydrogen-bond acceptors (Lipinski definition) is 4. The average molecular weight is 504 g/mol. The Morgan fingerprint density at radius 2 is 1.03 bits per heavy atom. The first kappa shape index (κ1) is 38.8. The van der Waals surface area contributed by atoms with Gasteiger partial charge in [-0.25, -0.2) is 11.4 Å². The Labute approximate surface area is 214 Å². The first-order valence-electron chi connectivity index (χ1n) is 11.9. The maximum atomic E-state index is 10.3. The Morgan fingerprint density at radius 1 is 0.758 bits per heavy atom. The molecule has 0 atom stereocenters. The van der Waals surface area contributed by atoms with E-state index >= 15 is 0 Å². The maximum absolute atomic E-state index is 10.3. The number of carboxylic acid groups (broad SMARTS) is 2. The summed E-state index contributed by atoms with van der Waals surface area (Å²) in [5.74, 6) is -0.723. The van der Waals surface area contributed by atoms with E-state index < -0.39 is 11.9 Å². The molecular formula is C26H47O6Ti. The van der Waals surface area contributed by atoms with Crippen LogP contribution in [0.25, 0.3) is 0 Å². The van der Waals surface area contributed by atoms with Crippen LogP contribution >= 0.6 is 0 Å². The summed E-state index contributed by atoms with van der Waals surface area (Å²) in [6.07, 6.45) is 18.9. The summed E-state index contributed by atoms with van der Waals surface area (Å²) in [7, 11) is 0. The molecule has 0 saturated heterocycles. The molecule has 0 aromatic heterocycles. The molecule has 0 saturated carbocycles. The Morgan fingerprint density at radius 3 is 1.24 bits per heavy atom. The summed E-state index contributed by atoms with van der Waals surface area (Å²) < 4.78 is 8.25. The van der Waals surface area contributed by atoms with Gasteiger partial charge in [0.05, 0.1) is 0 Å². The molecule has 0 radical (unpaired) electrons. The van der Waals surface area contributed by atoms with Crippen LogP contribution in [0.4, 0.5) is 0 Å². The number of carboxylic acids is 2. The topological polar surface area (TPSA) is 109 Å². The predicted octanol–water partition coefficient (Wildman–Crippen LogP) is 7.39. The Kier molecular flexibility index (Phi) is 38.6. The number of carbonyl (C=O) groups excluding carboxylic acids is 1. The van der Waals surface area contributed by atoms with Gasteiger partial charge in [0.15, 0.2) is 0 Å². The molecule has 0 aliphatic carbocycles. The third-order valence-corrected chi connectivity index (χ3v) is 4.46. The van der Waals surface area contributed by atoms with Gasteiger partial charge in [-0.15, -0.1) is 0 Å². The van der Waals surface area contributed by atoms with E-state index in [9.17, 15) is 14.4 Å². The van der Waals surface area contributed by atoms with Crippen molar-refractivity contribution in [3.63, 3.8) is 0 Å². The van der Waals surface area contributed by atoms with Crippen LogP contribution in [0, 0.1) is 5.92 Å². The second-order valence-electron chi connectivity index (χ2n) is 8.54. The van der Waals surface area contributed by atoms with Gasteiger partial charge in [-0.1, -0.05) is 104 Å². The van der Waals surface area contributed by atoms with Gasteiger partial charge in [0, 0.05) is 12.0 Å². The summed E-state index contributed by atoms with van der Waals surface area (Å²) in [5.41, 5.74) is 0.625. The van der Waals surface area contributed by atoms with Gasteiger partial charge in [-0.05, 0) is 25.5 Å². The van der Waals surface area contributed by atoms with Gasteiger partial charge < -0.3 is 15.0 Å². The van der Waals surface area contributed by atoms with Crippen molar-refractivity contribution in [2.24, 2.45) is 5.92 Å². The van der Waals surface area contributed by atoms with E-state index in [-0.39, 0.29) is 5.57 Å². The third-order valence-electron chi connectivity index (χ3n) is 4.46. The van der Waals surface area contributed by atoms with Crippen LogP contribution in [-0.2, 0) is 38.1 Å². The number of allylic oxidation sites excluding steroid dienone is 1. The van der Waals surface area contributed by atoms with Crippen molar-refractivity contribution in [1.82, 2.24) is 0 Å². The molecule has 2 N–H and O–H groups in total. The predicted molar refractivity (Wildman–Crippen MR) is 131 cm³/mol. The van der Waals surface area contributed by atoms with Gasteiger partial charge in [0.2, 0.25) is 0 Å². The van der Waals surface area contributed by atoms with Gasteiger partial charge in [0.1, 0.15) is 0 Å². The summed E-state index contributed by atoms with van der Waals surface area (Å²) >= 11 is 0.750. The average Bonchev–Trinajstić information content (AvgIpc) is 2.75. The van der Waals surface area contributed by atoms with E-state index in [1.807, 2.05) is 0 Å². The van der Waals surface area contributed by atoms with E-state index in [2.05, 4.69) is 27.0 Å². The van der Waals surface area contributed by atoms with E-state index in [0.717, 1.165) is 39.2 Å². The number of carbonyl (C=O) groups is 2. The zero-order chi connectivity index (χ0) is 26.5. The van der Waals surface area contributed by atoms with Crippen LogP contribution in [0.5, 0.6) is 0 Å². The quantitative estimate of drug-likeness (QED) is 0.0927. The Balaban J connectivity index is -0.000000264. The Bertz CT molecular complexity index is 491. The molecule has 191 valence electrons. The van der Waals surface area contributed by atoms with Crippen LogP contribution in [0.15, 0.2) is 24.3 Å². The molecule has 6 nitrogen and oxygen atoms in total. The summed E-state index contributed by atoms with van der Waals surface area (Å²) in [6, 6.07) is 0. The van der Waals surface area contributed by atoms with Crippen LogP contribution < -0.4 is 0 Å². The fourth-order valence-corrected chi connectivity index (χ4v) is 2.60. The molecule has 33 heavy (non-hydrogen) atoms. The molecule has 0 aliphatic rings. The van der Waals surface area contributed by atoms with Gasteiger partial charge in [0.25, 0.3) is 0 Å². The first-order chi connectivity index (χ1) is 15.5. The number of unbranched alkanes of at least 4 members (excludes halogenated alkanes) is 11. The summed E-state index contributed by atoms with van der Waals surface area (Å²) in [4.78, 5) is 29.2. The van der Waals surface area contributed by atoms with Gasteiger partial charge in [-0.2, -0.15) is 5.57 Å². The van der Waals surface area contributed by atoms with E-state index in [4.69, 9.17) is 13.5 Å². The van der Waals surface area contributed by atoms with Gasteiger partial charge in [-0.3, -0.25) is 4.79 Å². The van der Waals surface area contributed by atoms with Crippen molar-refractivity contribution in [3.8, 4) is 0 Å². The number of rotatable bonds is 17. The second-order valence-corrected chi connectivity index (χ2v) is 8.54. The van der Waals surface area contributed by atoms with E-state index in [0.29, 0.717) is 12.0 Å². The minimum absolute atomic E-state index is 0.176.